The summed E-state index contributed by atoms with van der Waals surface area (Å²) < 4.78 is 0. The monoisotopic (exact) mass is 208 g/mol. The Balaban J connectivity index is 2.67. The van der Waals surface area contributed by atoms with E-state index < -0.39 is 0 Å². The van der Waals surface area contributed by atoms with Crippen LogP contribution in [0.4, 0.5) is 0 Å². The lowest BCUT2D eigenvalue weighted by Crippen LogP contribution is -2.33. The van der Waals surface area contributed by atoms with Crippen molar-refractivity contribution in [3.8, 4) is 0 Å². The Morgan fingerprint density at radius 3 is 2.67 bits per heavy atom. The average molecular weight is 208 g/mol. The van der Waals surface area contributed by atoms with Crippen LogP contribution in [-0.2, 0) is 4.79 Å². The zero-order valence-electron chi connectivity index (χ0n) is 10.5. The van der Waals surface area contributed by atoms with E-state index in [0.717, 1.165) is 30.1 Å². The maximum absolute atomic E-state index is 10.6. The highest BCUT2D eigenvalue weighted by atomic mass is 16.1. The van der Waals surface area contributed by atoms with Gasteiger partial charge in [0.15, 0.2) is 0 Å². The van der Waals surface area contributed by atoms with E-state index in [9.17, 15) is 4.79 Å². The van der Waals surface area contributed by atoms with E-state index in [1.807, 2.05) is 6.92 Å². The number of hydrogen-bond acceptors (Lipinski definition) is 1. The van der Waals surface area contributed by atoms with Gasteiger partial charge >= 0.3 is 0 Å². The van der Waals surface area contributed by atoms with Crippen LogP contribution >= 0.6 is 0 Å². The smallest absolute Gasteiger partial charge is 0.145 e. The standard InChI is InChI=1S/C14H24O/c1-11(10-15)7-8-13-12(2)6-5-9-14(13,3)4/h7,10,12-13H,5-6,8-9H2,1-4H3/b11-7+. The molecule has 0 saturated heterocycles. The topological polar surface area (TPSA) is 17.1 Å². The molecule has 1 fully saturated rings. The highest BCUT2D eigenvalue weighted by molar-refractivity contribution is 5.71. The summed E-state index contributed by atoms with van der Waals surface area (Å²) in [6.45, 7) is 9.00. The first kappa shape index (κ1) is 12.5. The number of hydrogen-bond donors (Lipinski definition) is 0. The molecule has 0 spiro atoms. The summed E-state index contributed by atoms with van der Waals surface area (Å²) in [5.41, 5.74) is 1.32. The van der Waals surface area contributed by atoms with Crippen molar-refractivity contribution < 1.29 is 4.79 Å². The Hall–Kier alpha value is -0.590. The van der Waals surface area contributed by atoms with Crippen LogP contribution in [0.25, 0.3) is 0 Å². The Bertz CT molecular complexity index is 250. The number of allylic oxidation sites excluding steroid dienone is 2. The Morgan fingerprint density at radius 1 is 1.47 bits per heavy atom. The molecule has 0 amide bonds. The summed E-state index contributed by atoms with van der Waals surface area (Å²) in [7, 11) is 0. The number of carbonyl (C=O) groups excluding carboxylic acids is 1. The molecule has 2 atom stereocenters. The molecule has 0 heterocycles. The van der Waals surface area contributed by atoms with Gasteiger partial charge in [-0.25, -0.2) is 0 Å². The average Bonchev–Trinajstić information content (AvgIpc) is 2.15. The van der Waals surface area contributed by atoms with Gasteiger partial charge in [0.2, 0.25) is 0 Å². The van der Waals surface area contributed by atoms with E-state index in [0.29, 0.717) is 5.41 Å². The van der Waals surface area contributed by atoms with Crippen LogP contribution in [0.15, 0.2) is 11.6 Å². The molecule has 1 nitrogen and oxygen atoms in total. The molecule has 0 bridgehead atoms. The summed E-state index contributed by atoms with van der Waals surface area (Å²) >= 11 is 0. The second kappa shape index (κ2) is 4.96. The van der Waals surface area contributed by atoms with E-state index in [1.165, 1.54) is 19.3 Å². The van der Waals surface area contributed by atoms with Crippen LogP contribution in [0.2, 0.25) is 0 Å². The fraction of sp³-hybridized carbons (Fsp3) is 0.786. The molecule has 1 heteroatoms. The molecule has 0 radical (unpaired) electrons. The molecule has 0 N–H and O–H groups in total. The lowest BCUT2D eigenvalue weighted by Gasteiger charge is -2.42. The lowest BCUT2D eigenvalue weighted by molar-refractivity contribution is -0.104. The van der Waals surface area contributed by atoms with Crippen LogP contribution in [0, 0.1) is 17.3 Å². The van der Waals surface area contributed by atoms with Gasteiger partial charge in [0.1, 0.15) is 6.29 Å². The van der Waals surface area contributed by atoms with Gasteiger partial charge in [-0.05, 0) is 42.6 Å². The minimum atomic E-state index is 0.442. The highest BCUT2D eigenvalue weighted by Crippen LogP contribution is 2.45. The third kappa shape index (κ3) is 3.19. The van der Waals surface area contributed by atoms with Crippen molar-refractivity contribution in [2.24, 2.45) is 17.3 Å². The van der Waals surface area contributed by atoms with E-state index in [4.69, 9.17) is 0 Å². The minimum Gasteiger partial charge on any atom is -0.298 e. The molecule has 0 aliphatic heterocycles. The lowest BCUT2D eigenvalue weighted by atomic mass is 9.63. The zero-order chi connectivity index (χ0) is 11.5. The molecule has 86 valence electrons. The zero-order valence-corrected chi connectivity index (χ0v) is 10.5. The molecule has 0 aromatic rings. The van der Waals surface area contributed by atoms with Crippen LogP contribution in [0.3, 0.4) is 0 Å². The second-order valence-corrected chi connectivity index (χ2v) is 5.77. The maximum Gasteiger partial charge on any atom is 0.145 e. The fourth-order valence-corrected chi connectivity index (χ4v) is 2.95. The van der Waals surface area contributed by atoms with Crippen molar-refractivity contribution in [1.29, 1.82) is 0 Å². The molecule has 2 unspecified atom stereocenters. The molecule has 1 aliphatic rings. The third-order valence-electron chi connectivity index (χ3n) is 4.05. The van der Waals surface area contributed by atoms with E-state index >= 15 is 0 Å². The van der Waals surface area contributed by atoms with Gasteiger partial charge in [-0.1, -0.05) is 39.7 Å². The second-order valence-electron chi connectivity index (χ2n) is 5.77. The van der Waals surface area contributed by atoms with E-state index in [-0.39, 0.29) is 0 Å². The van der Waals surface area contributed by atoms with Gasteiger partial charge in [-0.3, -0.25) is 4.79 Å². The molecule has 0 aromatic carbocycles. The Kier molecular flexibility index (Phi) is 4.12. The molecular formula is C14H24O. The van der Waals surface area contributed by atoms with Crippen LogP contribution < -0.4 is 0 Å². The predicted molar refractivity (Wildman–Crippen MR) is 64.7 cm³/mol. The van der Waals surface area contributed by atoms with Gasteiger partial charge in [0.05, 0.1) is 0 Å². The maximum atomic E-state index is 10.6. The van der Waals surface area contributed by atoms with Crippen molar-refractivity contribution in [2.75, 3.05) is 0 Å². The van der Waals surface area contributed by atoms with E-state index in [2.05, 4.69) is 26.8 Å². The summed E-state index contributed by atoms with van der Waals surface area (Å²) in [5.74, 6) is 1.53. The van der Waals surface area contributed by atoms with Crippen LogP contribution in [-0.4, -0.2) is 6.29 Å². The summed E-state index contributed by atoms with van der Waals surface area (Å²) in [6, 6.07) is 0. The minimum absolute atomic E-state index is 0.442. The van der Waals surface area contributed by atoms with Gasteiger partial charge in [-0.15, -0.1) is 0 Å². The number of rotatable bonds is 3. The van der Waals surface area contributed by atoms with Crippen molar-refractivity contribution in [2.45, 2.75) is 53.4 Å². The Morgan fingerprint density at radius 2 is 2.13 bits per heavy atom. The van der Waals surface area contributed by atoms with Crippen molar-refractivity contribution in [3.05, 3.63) is 11.6 Å². The number of carbonyl (C=O) groups is 1. The molecular weight excluding hydrogens is 184 g/mol. The molecule has 1 rings (SSSR count). The summed E-state index contributed by atoms with van der Waals surface area (Å²) in [6.07, 6.45) is 8.18. The van der Waals surface area contributed by atoms with Crippen molar-refractivity contribution >= 4 is 6.29 Å². The van der Waals surface area contributed by atoms with Crippen LogP contribution in [0.5, 0.6) is 0 Å². The molecule has 1 aliphatic carbocycles. The van der Waals surface area contributed by atoms with Crippen molar-refractivity contribution in [3.63, 3.8) is 0 Å². The molecule has 0 aromatic heterocycles. The Labute approximate surface area is 93.9 Å². The first-order valence-electron chi connectivity index (χ1n) is 6.09. The molecule has 1 saturated carbocycles. The highest BCUT2D eigenvalue weighted by Gasteiger charge is 2.35. The quantitative estimate of drug-likeness (QED) is 0.506. The van der Waals surface area contributed by atoms with Gasteiger partial charge in [0, 0.05) is 0 Å². The summed E-state index contributed by atoms with van der Waals surface area (Å²) in [5, 5.41) is 0. The SMILES string of the molecule is C/C(C=O)=C\CC1C(C)CCCC1(C)C. The number of aldehydes is 1. The first-order chi connectivity index (χ1) is 6.97. The largest absolute Gasteiger partial charge is 0.298 e. The van der Waals surface area contributed by atoms with Gasteiger partial charge < -0.3 is 0 Å². The summed E-state index contributed by atoms with van der Waals surface area (Å²) in [4.78, 5) is 10.6. The molecule has 15 heavy (non-hydrogen) atoms. The van der Waals surface area contributed by atoms with E-state index in [1.54, 1.807) is 0 Å². The van der Waals surface area contributed by atoms with Crippen LogP contribution in [0.1, 0.15) is 53.4 Å². The van der Waals surface area contributed by atoms with Crippen molar-refractivity contribution in [1.82, 2.24) is 0 Å². The fourth-order valence-electron chi connectivity index (χ4n) is 2.95. The van der Waals surface area contributed by atoms with Gasteiger partial charge in [0.25, 0.3) is 0 Å². The predicted octanol–water partition coefficient (Wildman–Crippen LogP) is 3.98. The normalized spacial score (nSPS) is 31.3. The first-order valence-corrected chi connectivity index (χ1v) is 6.09. The third-order valence-corrected chi connectivity index (χ3v) is 4.05. The van der Waals surface area contributed by atoms with Gasteiger partial charge in [-0.2, -0.15) is 0 Å².